The van der Waals surface area contributed by atoms with E-state index in [4.69, 9.17) is 9.47 Å². The average Bonchev–Trinajstić information content (AvgIpc) is 3.01. The van der Waals surface area contributed by atoms with Crippen molar-refractivity contribution in [3.05, 3.63) is 71.9 Å². The molecule has 3 aromatic carbocycles. The Bertz CT molecular complexity index is 1120. The van der Waals surface area contributed by atoms with Gasteiger partial charge in [0.05, 0.1) is 14.2 Å². The van der Waals surface area contributed by atoms with Gasteiger partial charge in [-0.05, 0) is 59.5 Å². The Morgan fingerprint density at radius 2 is 1.41 bits per heavy atom. The molecule has 3 heteroatoms. The van der Waals surface area contributed by atoms with E-state index in [2.05, 4.69) is 67.4 Å². The Labute approximate surface area is 159 Å². The number of methoxy groups -OCH3 is 2. The Balaban J connectivity index is 1.84. The van der Waals surface area contributed by atoms with E-state index in [9.17, 15) is 0 Å². The largest absolute Gasteiger partial charge is 0.493 e. The van der Waals surface area contributed by atoms with E-state index in [1.807, 2.05) is 12.1 Å². The quantitative estimate of drug-likeness (QED) is 0.476. The lowest BCUT2D eigenvalue weighted by Crippen LogP contribution is -1.91. The average molecular weight is 357 g/mol. The second kappa shape index (κ2) is 6.84. The summed E-state index contributed by atoms with van der Waals surface area (Å²) in [4.78, 5) is 3.59. The van der Waals surface area contributed by atoms with Crippen molar-refractivity contribution in [3.63, 3.8) is 0 Å². The zero-order valence-corrected chi connectivity index (χ0v) is 16.1. The summed E-state index contributed by atoms with van der Waals surface area (Å²) in [6.07, 6.45) is 0. The molecule has 27 heavy (non-hydrogen) atoms. The van der Waals surface area contributed by atoms with Crippen molar-refractivity contribution in [2.45, 2.75) is 13.8 Å². The Hall–Kier alpha value is -3.20. The maximum absolute atomic E-state index is 5.48. The minimum Gasteiger partial charge on any atom is -0.493 e. The molecule has 1 heterocycles. The first kappa shape index (κ1) is 17.2. The van der Waals surface area contributed by atoms with Crippen LogP contribution < -0.4 is 9.47 Å². The van der Waals surface area contributed by atoms with Gasteiger partial charge >= 0.3 is 0 Å². The number of nitrogens with one attached hydrogen (secondary N) is 1. The molecule has 0 atom stereocenters. The van der Waals surface area contributed by atoms with Crippen molar-refractivity contribution in [1.29, 1.82) is 0 Å². The van der Waals surface area contributed by atoms with Gasteiger partial charge in [-0.15, -0.1) is 0 Å². The van der Waals surface area contributed by atoms with Crippen LogP contribution in [0.3, 0.4) is 0 Å². The molecular formula is C24H23NO2. The van der Waals surface area contributed by atoms with Crippen LogP contribution in [0.4, 0.5) is 0 Å². The molecule has 0 saturated carbocycles. The van der Waals surface area contributed by atoms with Crippen LogP contribution in [-0.4, -0.2) is 19.2 Å². The highest BCUT2D eigenvalue weighted by Crippen LogP contribution is 2.39. The minimum absolute atomic E-state index is 0.738. The van der Waals surface area contributed by atoms with E-state index >= 15 is 0 Å². The fraction of sp³-hybridized carbons (Fsp3) is 0.167. The first-order valence-electron chi connectivity index (χ1n) is 9.03. The molecule has 0 amide bonds. The highest BCUT2D eigenvalue weighted by atomic mass is 16.5. The van der Waals surface area contributed by atoms with Crippen LogP contribution in [0.2, 0.25) is 0 Å². The van der Waals surface area contributed by atoms with E-state index in [1.54, 1.807) is 14.2 Å². The fourth-order valence-electron chi connectivity index (χ4n) is 3.81. The number of rotatable bonds is 4. The predicted octanol–water partition coefficient (Wildman–Crippen LogP) is 6.14. The van der Waals surface area contributed by atoms with Gasteiger partial charge in [-0.2, -0.15) is 0 Å². The van der Waals surface area contributed by atoms with E-state index in [0.717, 1.165) is 28.5 Å². The molecule has 1 N–H and O–H groups in total. The van der Waals surface area contributed by atoms with Crippen molar-refractivity contribution < 1.29 is 9.47 Å². The van der Waals surface area contributed by atoms with Crippen LogP contribution in [0.25, 0.3) is 33.2 Å². The lowest BCUT2D eigenvalue weighted by atomic mass is 9.98. The number of H-pyrrole nitrogens is 1. The SMILES string of the molecule is COc1ccc(-c2c(C)[nH]c(-c3ccc4ccccc4c3)c2C)cc1OC. The van der Waals surface area contributed by atoms with E-state index < -0.39 is 0 Å². The molecule has 4 aromatic rings. The summed E-state index contributed by atoms with van der Waals surface area (Å²) in [5, 5.41) is 2.50. The molecule has 136 valence electrons. The molecule has 0 unspecified atom stereocenters. The standard InChI is InChI=1S/C24H23NO2/c1-15-23(19-11-12-21(26-3)22(14-19)27-4)16(2)25-24(15)20-10-9-17-7-5-6-8-18(17)13-20/h5-14,25H,1-4H3. The van der Waals surface area contributed by atoms with Crippen LogP contribution in [-0.2, 0) is 0 Å². The summed E-state index contributed by atoms with van der Waals surface area (Å²) >= 11 is 0. The molecule has 0 aliphatic rings. The van der Waals surface area contributed by atoms with Crippen molar-refractivity contribution in [3.8, 4) is 33.9 Å². The van der Waals surface area contributed by atoms with Crippen molar-refractivity contribution in [2.24, 2.45) is 0 Å². The van der Waals surface area contributed by atoms with Crippen LogP contribution in [0.1, 0.15) is 11.3 Å². The Morgan fingerprint density at radius 1 is 0.704 bits per heavy atom. The van der Waals surface area contributed by atoms with Crippen molar-refractivity contribution in [2.75, 3.05) is 14.2 Å². The molecule has 0 aliphatic carbocycles. The smallest absolute Gasteiger partial charge is 0.161 e. The third-order valence-electron chi connectivity index (χ3n) is 5.15. The Kier molecular flexibility index (Phi) is 4.36. The van der Waals surface area contributed by atoms with Crippen molar-refractivity contribution in [1.82, 2.24) is 4.98 Å². The van der Waals surface area contributed by atoms with Crippen LogP contribution >= 0.6 is 0 Å². The van der Waals surface area contributed by atoms with E-state index in [-0.39, 0.29) is 0 Å². The number of aromatic nitrogens is 1. The minimum atomic E-state index is 0.738. The normalized spacial score (nSPS) is 11.0. The summed E-state index contributed by atoms with van der Waals surface area (Å²) in [5.74, 6) is 1.48. The monoisotopic (exact) mass is 357 g/mol. The third kappa shape index (κ3) is 2.95. The number of benzene rings is 3. The molecule has 0 fully saturated rings. The van der Waals surface area contributed by atoms with Gasteiger partial charge in [-0.3, -0.25) is 0 Å². The summed E-state index contributed by atoms with van der Waals surface area (Å²) in [6, 6.07) is 21.1. The molecule has 0 saturated heterocycles. The Morgan fingerprint density at radius 3 is 2.15 bits per heavy atom. The van der Waals surface area contributed by atoms with Gasteiger partial charge in [0.15, 0.2) is 11.5 Å². The number of fused-ring (bicyclic) bond motifs is 1. The fourth-order valence-corrected chi connectivity index (χ4v) is 3.81. The van der Waals surface area contributed by atoms with Gasteiger partial charge in [0.25, 0.3) is 0 Å². The van der Waals surface area contributed by atoms with Crippen molar-refractivity contribution >= 4 is 10.8 Å². The molecule has 0 radical (unpaired) electrons. The zero-order valence-electron chi connectivity index (χ0n) is 16.1. The second-order valence-electron chi connectivity index (χ2n) is 6.76. The zero-order chi connectivity index (χ0) is 19.0. The molecule has 0 bridgehead atoms. The highest BCUT2D eigenvalue weighted by molar-refractivity contribution is 5.89. The third-order valence-corrected chi connectivity index (χ3v) is 5.15. The second-order valence-corrected chi connectivity index (χ2v) is 6.76. The molecule has 4 rings (SSSR count). The first-order chi connectivity index (χ1) is 13.1. The number of hydrogen-bond acceptors (Lipinski definition) is 2. The van der Waals surface area contributed by atoms with Gasteiger partial charge < -0.3 is 14.5 Å². The van der Waals surface area contributed by atoms with Gasteiger partial charge in [0, 0.05) is 17.0 Å². The lowest BCUT2D eigenvalue weighted by Gasteiger charge is -2.10. The number of ether oxygens (including phenoxy) is 2. The van der Waals surface area contributed by atoms with Gasteiger partial charge in [0.2, 0.25) is 0 Å². The van der Waals surface area contributed by atoms with Gasteiger partial charge in [-0.1, -0.05) is 42.5 Å². The topological polar surface area (TPSA) is 34.2 Å². The number of hydrogen-bond donors (Lipinski definition) is 1. The molecule has 0 spiro atoms. The maximum Gasteiger partial charge on any atom is 0.161 e. The summed E-state index contributed by atoms with van der Waals surface area (Å²) in [5.41, 5.74) is 7.05. The first-order valence-corrected chi connectivity index (χ1v) is 9.03. The van der Waals surface area contributed by atoms with Gasteiger partial charge in [-0.25, -0.2) is 0 Å². The van der Waals surface area contributed by atoms with E-state index in [1.165, 1.54) is 27.5 Å². The summed E-state index contributed by atoms with van der Waals surface area (Å²) in [7, 11) is 3.32. The highest BCUT2D eigenvalue weighted by Gasteiger charge is 2.16. The summed E-state index contributed by atoms with van der Waals surface area (Å²) < 4.78 is 10.9. The van der Waals surface area contributed by atoms with E-state index in [0.29, 0.717) is 0 Å². The molecule has 1 aromatic heterocycles. The van der Waals surface area contributed by atoms with Crippen LogP contribution in [0.15, 0.2) is 60.7 Å². The molecule has 0 aliphatic heterocycles. The lowest BCUT2D eigenvalue weighted by molar-refractivity contribution is 0.355. The number of aromatic amines is 1. The molecule has 3 nitrogen and oxygen atoms in total. The van der Waals surface area contributed by atoms with Crippen LogP contribution in [0.5, 0.6) is 11.5 Å². The van der Waals surface area contributed by atoms with Gasteiger partial charge in [0.1, 0.15) is 0 Å². The summed E-state index contributed by atoms with van der Waals surface area (Å²) in [6.45, 7) is 4.28. The predicted molar refractivity (Wildman–Crippen MR) is 112 cm³/mol. The number of aryl methyl sites for hydroxylation is 1. The maximum atomic E-state index is 5.48. The molecular weight excluding hydrogens is 334 g/mol. The van der Waals surface area contributed by atoms with Crippen LogP contribution in [0, 0.1) is 13.8 Å².